The van der Waals surface area contributed by atoms with Crippen LogP contribution in [0.15, 0.2) is 48.5 Å². The number of benzene rings is 2. The summed E-state index contributed by atoms with van der Waals surface area (Å²) < 4.78 is 18.8. The summed E-state index contributed by atoms with van der Waals surface area (Å²) in [5, 5.41) is 2.86. The van der Waals surface area contributed by atoms with Crippen LogP contribution in [0.2, 0.25) is 0 Å². The van der Waals surface area contributed by atoms with E-state index in [9.17, 15) is 9.18 Å². The lowest BCUT2D eigenvalue weighted by atomic mass is 9.96. The van der Waals surface area contributed by atoms with E-state index < -0.39 is 5.54 Å². The third kappa shape index (κ3) is 5.87. The van der Waals surface area contributed by atoms with Gasteiger partial charge in [0.2, 0.25) is 5.91 Å². The molecule has 1 atom stereocenters. The average Bonchev–Trinajstić information content (AvgIpc) is 2.58. The highest BCUT2D eigenvalue weighted by atomic mass is 19.1. The zero-order valence-corrected chi connectivity index (χ0v) is 14.7. The van der Waals surface area contributed by atoms with Crippen molar-refractivity contribution < 1.29 is 13.9 Å². The molecular formula is C20H25FN2O2. The number of rotatable bonds is 8. The molecule has 0 saturated heterocycles. The van der Waals surface area contributed by atoms with Crippen molar-refractivity contribution in [1.82, 2.24) is 5.32 Å². The van der Waals surface area contributed by atoms with Crippen molar-refractivity contribution in [3.05, 3.63) is 65.5 Å². The highest BCUT2D eigenvalue weighted by Crippen LogP contribution is 2.15. The Kier molecular flexibility index (Phi) is 6.53. The van der Waals surface area contributed by atoms with Crippen LogP contribution >= 0.6 is 0 Å². The molecule has 0 heterocycles. The second-order valence-corrected chi connectivity index (χ2v) is 6.41. The van der Waals surface area contributed by atoms with Crippen LogP contribution in [0.5, 0.6) is 5.75 Å². The number of hydrogen-bond donors (Lipinski definition) is 2. The van der Waals surface area contributed by atoms with Crippen LogP contribution in [0.3, 0.4) is 0 Å². The van der Waals surface area contributed by atoms with Crippen LogP contribution in [0.1, 0.15) is 37.8 Å². The first kappa shape index (κ1) is 18.9. The molecule has 0 radical (unpaired) electrons. The molecule has 134 valence electrons. The van der Waals surface area contributed by atoms with Gasteiger partial charge in [-0.3, -0.25) is 4.79 Å². The maximum atomic E-state index is 13.1. The minimum absolute atomic E-state index is 0.152. The maximum absolute atomic E-state index is 13.1. The minimum atomic E-state index is -0.844. The zero-order chi connectivity index (χ0) is 18.3. The molecule has 0 aliphatic heterocycles. The normalized spacial score (nSPS) is 13.1. The van der Waals surface area contributed by atoms with Crippen LogP contribution < -0.4 is 15.8 Å². The zero-order valence-electron chi connectivity index (χ0n) is 14.7. The quantitative estimate of drug-likeness (QED) is 0.770. The van der Waals surface area contributed by atoms with E-state index in [1.807, 2.05) is 37.3 Å². The number of hydrogen-bond acceptors (Lipinski definition) is 3. The lowest BCUT2D eigenvalue weighted by Gasteiger charge is -2.22. The molecule has 0 bridgehead atoms. The molecule has 0 fully saturated rings. The molecule has 2 aromatic rings. The molecule has 1 unspecified atom stereocenters. The van der Waals surface area contributed by atoms with Crippen LogP contribution in [0.25, 0.3) is 0 Å². The van der Waals surface area contributed by atoms with Gasteiger partial charge in [0.25, 0.3) is 0 Å². The molecular weight excluding hydrogens is 319 g/mol. The molecule has 25 heavy (non-hydrogen) atoms. The van der Waals surface area contributed by atoms with Crippen molar-refractivity contribution in [2.75, 3.05) is 0 Å². The standard InChI is InChI=1S/C20H25FN2O2/c1-3-11-20(2,22)19(24)23-13-15-7-9-18(10-8-15)25-14-16-5-4-6-17(21)12-16/h4-10,12H,3,11,13-14,22H2,1-2H3,(H,23,24). The first-order valence-electron chi connectivity index (χ1n) is 8.44. The summed E-state index contributed by atoms with van der Waals surface area (Å²) in [4.78, 5) is 12.1. The van der Waals surface area contributed by atoms with Crippen LogP contribution in [0, 0.1) is 5.82 Å². The van der Waals surface area contributed by atoms with Crippen molar-refractivity contribution in [3.63, 3.8) is 0 Å². The van der Waals surface area contributed by atoms with Gasteiger partial charge >= 0.3 is 0 Å². The third-order valence-corrected chi connectivity index (χ3v) is 3.96. The predicted molar refractivity (Wildman–Crippen MR) is 96.5 cm³/mol. The van der Waals surface area contributed by atoms with Crippen molar-refractivity contribution in [2.45, 2.75) is 45.4 Å². The molecule has 0 aliphatic rings. The van der Waals surface area contributed by atoms with Crippen molar-refractivity contribution in [1.29, 1.82) is 0 Å². The van der Waals surface area contributed by atoms with Gasteiger partial charge in [-0.25, -0.2) is 4.39 Å². The van der Waals surface area contributed by atoms with Crippen molar-refractivity contribution in [2.24, 2.45) is 5.73 Å². The van der Waals surface area contributed by atoms with Crippen LogP contribution in [-0.4, -0.2) is 11.4 Å². The summed E-state index contributed by atoms with van der Waals surface area (Å²) in [6.07, 6.45) is 1.50. The molecule has 5 heteroatoms. The highest BCUT2D eigenvalue weighted by molar-refractivity contribution is 5.85. The van der Waals surface area contributed by atoms with E-state index >= 15 is 0 Å². The predicted octanol–water partition coefficient (Wildman–Crippen LogP) is 3.54. The Morgan fingerprint density at radius 2 is 1.92 bits per heavy atom. The minimum Gasteiger partial charge on any atom is -0.489 e. The van der Waals surface area contributed by atoms with Crippen LogP contribution in [0.4, 0.5) is 4.39 Å². The highest BCUT2D eigenvalue weighted by Gasteiger charge is 2.26. The number of ether oxygens (including phenoxy) is 1. The molecule has 2 rings (SSSR count). The van der Waals surface area contributed by atoms with Gasteiger partial charge in [-0.05, 0) is 48.7 Å². The van der Waals surface area contributed by atoms with Gasteiger partial charge in [0.1, 0.15) is 18.2 Å². The second kappa shape index (κ2) is 8.62. The number of carbonyl (C=O) groups is 1. The lowest BCUT2D eigenvalue weighted by Crippen LogP contribution is -2.51. The molecule has 0 saturated carbocycles. The number of carbonyl (C=O) groups excluding carboxylic acids is 1. The number of halogens is 1. The topological polar surface area (TPSA) is 64.4 Å². The largest absolute Gasteiger partial charge is 0.489 e. The van der Waals surface area contributed by atoms with E-state index in [0.29, 0.717) is 25.3 Å². The fourth-order valence-corrected chi connectivity index (χ4v) is 2.51. The fraction of sp³-hybridized carbons (Fsp3) is 0.350. The Balaban J connectivity index is 1.84. The van der Waals surface area contributed by atoms with E-state index in [-0.39, 0.29) is 11.7 Å². The SMILES string of the molecule is CCCC(C)(N)C(=O)NCc1ccc(OCc2cccc(F)c2)cc1. The van der Waals surface area contributed by atoms with Crippen molar-refractivity contribution in [3.8, 4) is 5.75 Å². The number of nitrogens with one attached hydrogen (secondary N) is 1. The first-order valence-corrected chi connectivity index (χ1v) is 8.44. The summed E-state index contributed by atoms with van der Waals surface area (Å²) in [6, 6.07) is 13.7. The van der Waals surface area contributed by atoms with Crippen LogP contribution in [-0.2, 0) is 17.9 Å². The summed E-state index contributed by atoms with van der Waals surface area (Å²) >= 11 is 0. The first-order chi connectivity index (χ1) is 11.9. The Hall–Kier alpha value is -2.40. The summed E-state index contributed by atoms with van der Waals surface area (Å²) in [6.45, 7) is 4.46. The van der Waals surface area contributed by atoms with Gasteiger partial charge in [0.05, 0.1) is 5.54 Å². The van der Waals surface area contributed by atoms with Gasteiger partial charge in [-0.15, -0.1) is 0 Å². The van der Waals surface area contributed by atoms with Gasteiger partial charge in [-0.1, -0.05) is 37.6 Å². The van der Waals surface area contributed by atoms with Gasteiger partial charge < -0.3 is 15.8 Å². The molecule has 0 spiro atoms. The lowest BCUT2D eigenvalue weighted by molar-refractivity contribution is -0.126. The number of nitrogens with two attached hydrogens (primary N) is 1. The fourth-order valence-electron chi connectivity index (χ4n) is 2.51. The summed E-state index contributed by atoms with van der Waals surface area (Å²) in [5.41, 5.74) is 6.89. The van der Waals surface area contributed by atoms with Gasteiger partial charge in [-0.2, -0.15) is 0 Å². The van der Waals surface area contributed by atoms with Gasteiger partial charge in [0.15, 0.2) is 0 Å². The average molecular weight is 344 g/mol. The molecule has 3 N–H and O–H groups in total. The summed E-state index contributed by atoms with van der Waals surface area (Å²) in [5.74, 6) is 0.261. The van der Waals surface area contributed by atoms with Crippen molar-refractivity contribution >= 4 is 5.91 Å². The second-order valence-electron chi connectivity index (χ2n) is 6.41. The Labute approximate surface area is 148 Å². The molecule has 0 aliphatic carbocycles. The van der Waals surface area contributed by atoms with E-state index in [4.69, 9.17) is 10.5 Å². The molecule has 0 aromatic heterocycles. The Morgan fingerprint density at radius 3 is 2.56 bits per heavy atom. The third-order valence-electron chi connectivity index (χ3n) is 3.96. The molecule has 1 amide bonds. The molecule has 4 nitrogen and oxygen atoms in total. The Morgan fingerprint density at radius 1 is 1.20 bits per heavy atom. The smallest absolute Gasteiger partial charge is 0.240 e. The van der Waals surface area contributed by atoms with Gasteiger partial charge in [0, 0.05) is 6.54 Å². The van der Waals surface area contributed by atoms with E-state index in [0.717, 1.165) is 17.5 Å². The Bertz CT molecular complexity index is 699. The summed E-state index contributed by atoms with van der Waals surface area (Å²) in [7, 11) is 0. The van der Waals surface area contributed by atoms with E-state index in [1.165, 1.54) is 12.1 Å². The monoisotopic (exact) mass is 344 g/mol. The maximum Gasteiger partial charge on any atom is 0.240 e. The molecule has 2 aromatic carbocycles. The van der Waals surface area contributed by atoms with E-state index in [1.54, 1.807) is 13.0 Å². The number of amides is 1. The van der Waals surface area contributed by atoms with E-state index in [2.05, 4.69) is 5.32 Å².